The number of benzene rings is 1. The summed E-state index contributed by atoms with van der Waals surface area (Å²) >= 11 is 18.0. The van der Waals surface area contributed by atoms with Crippen LogP contribution in [0.4, 0.5) is 5.13 Å². The van der Waals surface area contributed by atoms with Crippen molar-refractivity contribution >= 4 is 72.8 Å². The maximum Gasteiger partial charge on any atom is 0.257 e. The highest BCUT2D eigenvalue weighted by Gasteiger charge is 2.14. The van der Waals surface area contributed by atoms with Gasteiger partial charge < -0.3 is 0 Å². The first-order valence-electron chi connectivity index (χ1n) is 6.00. The van der Waals surface area contributed by atoms with Crippen LogP contribution >= 0.6 is 61.8 Å². The average Bonchev–Trinajstić information content (AvgIpc) is 3.05. The third kappa shape index (κ3) is 3.52. The quantitative estimate of drug-likeness (QED) is 0.534. The van der Waals surface area contributed by atoms with E-state index in [0.29, 0.717) is 25.1 Å². The minimum atomic E-state index is -0.211. The number of amides is 1. The fourth-order valence-corrected chi connectivity index (χ4v) is 4.35. The summed E-state index contributed by atoms with van der Waals surface area (Å²) in [6, 6.07) is 8.92. The van der Waals surface area contributed by atoms with Crippen molar-refractivity contribution in [3.63, 3.8) is 0 Å². The highest BCUT2D eigenvalue weighted by atomic mass is 79.9. The van der Waals surface area contributed by atoms with Crippen molar-refractivity contribution in [2.24, 2.45) is 0 Å². The number of hydrogen-bond acceptors (Lipinski definition) is 4. The summed E-state index contributed by atoms with van der Waals surface area (Å²) in [6.07, 6.45) is 0. The molecule has 0 atom stereocenters. The van der Waals surface area contributed by atoms with Gasteiger partial charge in [0, 0.05) is 21.0 Å². The van der Waals surface area contributed by atoms with Gasteiger partial charge in [-0.15, -0.1) is 22.7 Å². The molecule has 3 rings (SSSR count). The van der Waals surface area contributed by atoms with Crippen LogP contribution in [-0.4, -0.2) is 10.9 Å². The molecule has 0 aliphatic carbocycles. The van der Waals surface area contributed by atoms with Crippen LogP contribution in [0, 0.1) is 0 Å². The van der Waals surface area contributed by atoms with E-state index < -0.39 is 0 Å². The van der Waals surface area contributed by atoms with Crippen molar-refractivity contribution in [3.8, 4) is 11.3 Å². The first-order chi connectivity index (χ1) is 10.5. The van der Waals surface area contributed by atoms with E-state index in [1.54, 1.807) is 24.3 Å². The van der Waals surface area contributed by atoms with E-state index in [1.807, 2.05) is 11.4 Å². The second-order valence-electron chi connectivity index (χ2n) is 4.24. The summed E-state index contributed by atoms with van der Waals surface area (Å²) in [5.74, 6) is -0.211. The molecule has 0 aliphatic rings. The Bertz CT molecular complexity index is 847. The van der Waals surface area contributed by atoms with E-state index >= 15 is 0 Å². The van der Waals surface area contributed by atoms with Gasteiger partial charge in [0.05, 0.1) is 10.0 Å². The molecule has 2 heterocycles. The molecule has 1 amide bonds. The normalized spacial score (nSPS) is 10.7. The zero-order chi connectivity index (χ0) is 15.7. The summed E-state index contributed by atoms with van der Waals surface area (Å²) in [7, 11) is 0. The molecular formula is C14H7BrCl2N2OS2. The molecule has 1 aromatic carbocycles. The lowest BCUT2D eigenvalue weighted by Gasteiger charge is -2.01. The monoisotopic (exact) mass is 432 g/mol. The first kappa shape index (κ1) is 16.0. The lowest BCUT2D eigenvalue weighted by Crippen LogP contribution is -2.11. The molecule has 0 saturated heterocycles. The van der Waals surface area contributed by atoms with Crippen LogP contribution in [-0.2, 0) is 0 Å². The maximum atomic E-state index is 12.2. The van der Waals surface area contributed by atoms with Crippen molar-refractivity contribution in [2.75, 3.05) is 5.32 Å². The van der Waals surface area contributed by atoms with Crippen molar-refractivity contribution in [3.05, 3.63) is 54.4 Å². The Balaban J connectivity index is 1.80. The fraction of sp³-hybridized carbons (Fsp3) is 0. The highest BCUT2D eigenvalue weighted by Crippen LogP contribution is 2.39. The Hall–Kier alpha value is -0.920. The molecule has 8 heteroatoms. The number of carbonyl (C=O) groups excluding carboxylic acids is 1. The molecule has 0 bridgehead atoms. The molecule has 22 heavy (non-hydrogen) atoms. The van der Waals surface area contributed by atoms with Crippen LogP contribution in [0.25, 0.3) is 11.3 Å². The Labute approximate surface area is 153 Å². The molecule has 1 N–H and O–H groups in total. The summed E-state index contributed by atoms with van der Waals surface area (Å²) < 4.78 is 2.03. The second kappa shape index (κ2) is 6.68. The predicted octanol–water partition coefficient (Wildman–Crippen LogP) is 6.19. The molecule has 0 fully saturated rings. The van der Waals surface area contributed by atoms with Crippen LogP contribution in [0.2, 0.25) is 8.67 Å². The predicted molar refractivity (Wildman–Crippen MR) is 97.5 cm³/mol. The van der Waals surface area contributed by atoms with Gasteiger partial charge in [0.2, 0.25) is 0 Å². The number of nitrogens with one attached hydrogen (secondary N) is 1. The largest absolute Gasteiger partial charge is 0.298 e. The van der Waals surface area contributed by atoms with E-state index in [2.05, 4.69) is 26.2 Å². The lowest BCUT2D eigenvalue weighted by molar-refractivity contribution is 0.102. The van der Waals surface area contributed by atoms with E-state index in [4.69, 9.17) is 23.2 Å². The molecule has 3 aromatic rings. The Morgan fingerprint density at radius 3 is 2.77 bits per heavy atom. The zero-order valence-electron chi connectivity index (χ0n) is 10.8. The summed E-state index contributed by atoms with van der Waals surface area (Å²) in [5.41, 5.74) is 2.03. The van der Waals surface area contributed by atoms with Gasteiger partial charge in [-0.1, -0.05) is 45.2 Å². The second-order valence-corrected chi connectivity index (χ2v) is 8.30. The summed E-state index contributed by atoms with van der Waals surface area (Å²) in [5, 5.41) is 5.12. The minimum absolute atomic E-state index is 0.211. The van der Waals surface area contributed by atoms with Gasteiger partial charge in [-0.25, -0.2) is 4.98 Å². The van der Waals surface area contributed by atoms with Gasteiger partial charge in [0.1, 0.15) is 4.34 Å². The number of aromatic nitrogens is 1. The third-order valence-corrected chi connectivity index (χ3v) is 5.48. The van der Waals surface area contributed by atoms with Crippen LogP contribution in [0.1, 0.15) is 10.4 Å². The molecular weight excluding hydrogens is 427 g/mol. The molecule has 2 aromatic heterocycles. The molecule has 0 spiro atoms. The SMILES string of the molecule is O=C(Nc1nc(-c2cc(Cl)sc2Cl)cs1)c1cccc(Br)c1. The fourth-order valence-electron chi connectivity index (χ4n) is 1.77. The van der Waals surface area contributed by atoms with Crippen LogP contribution in [0.5, 0.6) is 0 Å². The Morgan fingerprint density at radius 2 is 2.09 bits per heavy atom. The molecule has 0 unspecified atom stereocenters. The number of rotatable bonds is 3. The zero-order valence-corrected chi connectivity index (χ0v) is 15.5. The van der Waals surface area contributed by atoms with Crippen LogP contribution < -0.4 is 5.32 Å². The minimum Gasteiger partial charge on any atom is -0.298 e. The molecule has 0 saturated carbocycles. The van der Waals surface area contributed by atoms with Gasteiger partial charge in [-0.2, -0.15) is 0 Å². The highest BCUT2D eigenvalue weighted by molar-refractivity contribution is 9.10. The molecule has 112 valence electrons. The van der Waals surface area contributed by atoms with Crippen molar-refractivity contribution < 1.29 is 4.79 Å². The van der Waals surface area contributed by atoms with Crippen molar-refractivity contribution in [1.29, 1.82) is 0 Å². The number of hydrogen-bond donors (Lipinski definition) is 1. The molecule has 3 nitrogen and oxygen atoms in total. The van der Waals surface area contributed by atoms with Gasteiger partial charge >= 0.3 is 0 Å². The summed E-state index contributed by atoms with van der Waals surface area (Å²) in [6.45, 7) is 0. The van der Waals surface area contributed by atoms with E-state index in [9.17, 15) is 4.79 Å². The topological polar surface area (TPSA) is 42.0 Å². The Kier molecular flexibility index (Phi) is 4.84. The third-order valence-electron chi connectivity index (χ3n) is 2.74. The van der Waals surface area contributed by atoms with Gasteiger partial charge in [0.25, 0.3) is 5.91 Å². The first-order valence-corrected chi connectivity index (χ1v) is 9.25. The molecule has 0 radical (unpaired) electrons. The molecule has 0 aliphatic heterocycles. The van der Waals surface area contributed by atoms with Crippen LogP contribution in [0.15, 0.2) is 40.2 Å². The summed E-state index contributed by atoms with van der Waals surface area (Å²) in [4.78, 5) is 16.6. The average molecular weight is 434 g/mol. The van der Waals surface area contributed by atoms with Crippen molar-refractivity contribution in [1.82, 2.24) is 4.98 Å². The number of halogens is 3. The number of thiazole rings is 1. The van der Waals surface area contributed by atoms with E-state index in [-0.39, 0.29) is 5.91 Å². The van der Waals surface area contributed by atoms with Crippen molar-refractivity contribution in [2.45, 2.75) is 0 Å². The number of anilines is 1. The maximum absolute atomic E-state index is 12.2. The Morgan fingerprint density at radius 1 is 1.27 bits per heavy atom. The number of nitrogens with zero attached hydrogens (tertiary/aromatic N) is 1. The smallest absolute Gasteiger partial charge is 0.257 e. The number of carbonyl (C=O) groups is 1. The standard InChI is InChI=1S/C14H7BrCl2N2OS2/c15-8-3-1-2-7(4-8)13(20)19-14-18-10(6-21-14)9-5-11(16)22-12(9)17/h1-6H,(H,18,19,20). The lowest BCUT2D eigenvalue weighted by atomic mass is 10.2. The van der Waals surface area contributed by atoms with E-state index in [0.717, 1.165) is 10.0 Å². The van der Waals surface area contributed by atoms with E-state index in [1.165, 1.54) is 22.7 Å². The number of thiophene rings is 1. The van der Waals surface area contributed by atoms with Gasteiger partial charge in [-0.05, 0) is 24.3 Å². The van der Waals surface area contributed by atoms with Gasteiger partial charge in [-0.3, -0.25) is 10.1 Å². The van der Waals surface area contributed by atoms with Gasteiger partial charge in [0.15, 0.2) is 5.13 Å². The van der Waals surface area contributed by atoms with Crippen LogP contribution in [0.3, 0.4) is 0 Å².